The van der Waals surface area contributed by atoms with Gasteiger partial charge in [0, 0.05) is 11.1 Å². The van der Waals surface area contributed by atoms with Gasteiger partial charge >= 0.3 is 5.97 Å². The SMILES string of the molecule is Cc1ccc(C(=O)C(C)OC(=O)C(C)NC(=O)c2ccccc2)cc1C. The zero-order valence-electron chi connectivity index (χ0n) is 15.4. The van der Waals surface area contributed by atoms with Gasteiger partial charge in [0.25, 0.3) is 5.91 Å². The van der Waals surface area contributed by atoms with Gasteiger partial charge in [-0.05, 0) is 57.0 Å². The third kappa shape index (κ3) is 4.79. The van der Waals surface area contributed by atoms with Crippen LogP contribution in [-0.4, -0.2) is 29.8 Å². The summed E-state index contributed by atoms with van der Waals surface area (Å²) in [6.45, 7) is 6.94. The first kappa shape index (κ1) is 19.4. The largest absolute Gasteiger partial charge is 0.453 e. The molecule has 26 heavy (non-hydrogen) atoms. The fraction of sp³-hybridized carbons (Fsp3) is 0.286. The molecule has 1 N–H and O–H groups in total. The molecule has 0 aliphatic heterocycles. The normalized spacial score (nSPS) is 12.8. The van der Waals surface area contributed by atoms with E-state index in [1.807, 2.05) is 19.9 Å². The Bertz CT molecular complexity index is 814. The first-order valence-electron chi connectivity index (χ1n) is 8.47. The average molecular weight is 353 g/mol. The summed E-state index contributed by atoms with van der Waals surface area (Å²) < 4.78 is 5.23. The van der Waals surface area contributed by atoms with E-state index < -0.39 is 18.1 Å². The van der Waals surface area contributed by atoms with E-state index in [0.717, 1.165) is 11.1 Å². The number of nitrogens with one attached hydrogen (secondary N) is 1. The summed E-state index contributed by atoms with van der Waals surface area (Å²) in [6, 6.07) is 13.1. The molecule has 2 rings (SSSR count). The van der Waals surface area contributed by atoms with Crippen molar-refractivity contribution in [1.29, 1.82) is 0 Å². The van der Waals surface area contributed by atoms with Crippen molar-refractivity contribution in [2.24, 2.45) is 0 Å². The van der Waals surface area contributed by atoms with Crippen LogP contribution in [-0.2, 0) is 9.53 Å². The lowest BCUT2D eigenvalue weighted by Crippen LogP contribution is -2.41. The molecule has 0 saturated carbocycles. The third-order valence-corrected chi connectivity index (χ3v) is 4.19. The summed E-state index contributed by atoms with van der Waals surface area (Å²) in [6.07, 6.45) is -0.930. The fourth-order valence-corrected chi connectivity index (χ4v) is 2.39. The zero-order chi connectivity index (χ0) is 19.3. The van der Waals surface area contributed by atoms with Crippen LogP contribution in [0.25, 0.3) is 0 Å². The van der Waals surface area contributed by atoms with Crippen molar-refractivity contribution in [3.05, 3.63) is 70.8 Å². The maximum absolute atomic E-state index is 12.4. The van der Waals surface area contributed by atoms with Gasteiger partial charge in [-0.2, -0.15) is 0 Å². The Morgan fingerprint density at radius 2 is 1.54 bits per heavy atom. The van der Waals surface area contributed by atoms with Gasteiger partial charge in [-0.1, -0.05) is 30.3 Å². The summed E-state index contributed by atoms with van der Waals surface area (Å²) in [5, 5.41) is 2.57. The molecular formula is C21H23NO4. The molecular weight excluding hydrogens is 330 g/mol. The van der Waals surface area contributed by atoms with Crippen molar-refractivity contribution in [3.8, 4) is 0 Å². The Balaban J connectivity index is 1.96. The van der Waals surface area contributed by atoms with Crippen molar-refractivity contribution in [3.63, 3.8) is 0 Å². The number of esters is 1. The quantitative estimate of drug-likeness (QED) is 0.639. The van der Waals surface area contributed by atoms with E-state index in [1.165, 1.54) is 13.8 Å². The van der Waals surface area contributed by atoms with E-state index in [0.29, 0.717) is 11.1 Å². The van der Waals surface area contributed by atoms with Crippen molar-refractivity contribution in [1.82, 2.24) is 5.32 Å². The van der Waals surface area contributed by atoms with Crippen LogP contribution in [0.3, 0.4) is 0 Å². The van der Waals surface area contributed by atoms with E-state index in [-0.39, 0.29) is 11.7 Å². The molecule has 5 nitrogen and oxygen atoms in total. The van der Waals surface area contributed by atoms with Crippen molar-refractivity contribution in [2.45, 2.75) is 39.8 Å². The number of hydrogen-bond donors (Lipinski definition) is 1. The number of Topliss-reactive ketones (excluding diaryl/α,β-unsaturated/α-hetero) is 1. The number of ketones is 1. The number of amides is 1. The predicted octanol–water partition coefficient (Wildman–Crippen LogP) is 3.24. The maximum Gasteiger partial charge on any atom is 0.329 e. The third-order valence-electron chi connectivity index (χ3n) is 4.19. The van der Waals surface area contributed by atoms with E-state index >= 15 is 0 Å². The summed E-state index contributed by atoms with van der Waals surface area (Å²) in [5.74, 6) is -1.30. The Hall–Kier alpha value is -2.95. The Morgan fingerprint density at radius 1 is 0.885 bits per heavy atom. The van der Waals surface area contributed by atoms with Crippen LogP contribution in [0.2, 0.25) is 0 Å². The molecule has 0 aliphatic rings. The molecule has 0 heterocycles. The number of ether oxygens (including phenoxy) is 1. The highest BCUT2D eigenvalue weighted by atomic mass is 16.5. The summed E-state index contributed by atoms with van der Waals surface area (Å²) in [5.41, 5.74) is 3.03. The molecule has 2 aromatic carbocycles. The standard InChI is InChI=1S/C21H23NO4/c1-13-10-11-18(12-14(13)2)19(23)16(4)26-21(25)15(3)22-20(24)17-8-6-5-7-9-17/h5-12,15-16H,1-4H3,(H,22,24). The molecule has 0 bridgehead atoms. The average Bonchev–Trinajstić information content (AvgIpc) is 2.63. The predicted molar refractivity (Wildman–Crippen MR) is 99.2 cm³/mol. The molecule has 0 fully saturated rings. The Labute approximate surface area is 153 Å². The highest BCUT2D eigenvalue weighted by Crippen LogP contribution is 2.13. The molecule has 0 aromatic heterocycles. The van der Waals surface area contributed by atoms with E-state index in [1.54, 1.807) is 42.5 Å². The second kappa shape index (κ2) is 8.43. The molecule has 2 atom stereocenters. The second-order valence-electron chi connectivity index (χ2n) is 6.30. The summed E-state index contributed by atoms with van der Waals surface area (Å²) in [7, 11) is 0. The minimum atomic E-state index is -0.930. The van der Waals surface area contributed by atoms with Crippen molar-refractivity contribution < 1.29 is 19.1 Å². The van der Waals surface area contributed by atoms with Gasteiger partial charge in [0.05, 0.1) is 0 Å². The molecule has 136 valence electrons. The maximum atomic E-state index is 12.4. The van der Waals surface area contributed by atoms with Gasteiger partial charge < -0.3 is 10.1 Å². The molecule has 0 spiro atoms. The zero-order valence-corrected chi connectivity index (χ0v) is 15.4. The number of carbonyl (C=O) groups is 3. The summed E-state index contributed by atoms with van der Waals surface area (Å²) in [4.78, 5) is 36.7. The monoisotopic (exact) mass is 353 g/mol. The van der Waals surface area contributed by atoms with E-state index in [2.05, 4.69) is 5.32 Å². The topological polar surface area (TPSA) is 72.5 Å². The molecule has 0 saturated heterocycles. The fourth-order valence-electron chi connectivity index (χ4n) is 2.39. The molecule has 5 heteroatoms. The molecule has 2 unspecified atom stereocenters. The lowest BCUT2D eigenvalue weighted by molar-refractivity contribution is -0.148. The number of aryl methyl sites for hydroxylation is 2. The van der Waals surface area contributed by atoms with Crippen molar-refractivity contribution >= 4 is 17.7 Å². The lowest BCUT2D eigenvalue weighted by atomic mass is 10.0. The van der Waals surface area contributed by atoms with Gasteiger partial charge in [0.2, 0.25) is 5.78 Å². The highest BCUT2D eigenvalue weighted by Gasteiger charge is 2.24. The van der Waals surface area contributed by atoms with Crippen LogP contribution in [0.15, 0.2) is 48.5 Å². The summed E-state index contributed by atoms with van der Waals surface area (Å²) >= 11 is 0. The van der Waals surface area contributed by atoms with Gasteiger partial charge in [-0.15, -0.1) is 0 Å². The number of rotatable bonds is 6. The van der Waals surface area contributed by atoms with Crippen LogP contribution in [0.4, 0.5) is 0 Å². The van der Waals surface area contributed by atoms with E-state index in [9.17, 15) is 14.4 Å². The van der Waals surface area contributed by atoms with Crippen LogP contribution in [0.5, 0.6) is 0 Å². The smallest absolute Gasteiger partial charge is 0.329 e. The highest BCUT2D eigenvalue weighted by molar-refractivity contribution is 6.01. The Kier molecular flexibility index (Phi) is 6.28. The van der Waals surface area contributed by atoms with Crippen LogP contribution >= 0.6 is 0 Å². The van der Waals surface area contributed by atoms with Crippen molar-refractivity contribution in [2.75, 3.05) is 0 Å². The molecule has 2 aromatic rings. The Morgan fingerprint density at radius 3 is 2.15 bits per heavy atom. The van der Waals surface area contributed by atoms with Gasteiger partial charge in [0.15, 0.2) is 6.10 Å². The van der Waals surface area contributed by atoms with Crippen LogP contribution in [0.1, 0.15) is 45.7 Å². The first-order chi connectivity index (χ1) is 12.3. The molecule has 1 amide bonds. The van der Waals surface area contributed by atoms with E-state index in [4.69, 9.17) is 4.74 Å². The minimum Gasteiger partial charge on any atom is -0.453 e. The van der Waals surface area contributed by atoms with Crippen LogP contribution < -0.4 is 5.32 Å². The molecule has 0 radical (unpaired) electrons. The van der Waals surface area contributed by atoms with Gasteiger partial charge in [-0.25, -0.2) is 4.79 Å². The van der Waals surface area contributed by atoms with Gasteiger partial charge in [0.1, 0.15) is 6.04 Å². The first-order valence-corrected chi connectivity index (χ1v) is 8.47. The second-order valence-corrected chi connectivity index (χ2v) is 6.30. The lowest BCUT2D eigenvalue weighted by Gasteiger charge is -2.17. The number of benzene rings is 2. The minimum absolute atomic E-state index is 0.275. The van der Waals surface area contributed by atoms with Gasteiger partial charge in [-0.3, -0.25) is 9.59 Å². The number of hydrogen-bond acceptors (Lipinski definition) is 4. The van der Waals surface area contributed by atoms with Crippen LogP contribution in [0, 0.1) is 13.8 Å². The molecule has 0 aliphatic carbocycles. The number of carbonyl (C=O) groups excluding carboxylic acids is 3.